The van der Waals surface area contributed by atoms with E-state index in [0.717, 1.165) is 0 Å². The van der Waals surface area contributed by atoms with Crippen molar-refractivity contribution in [3.8, 4) is 0 Å². The van der Waals surface area contributed by atoms with Crippen LogP contribution in [0.15, 0.2) is 9.59 Å². The Morgan fingerprint density at radius 1 is 1.10 bits per heavy atom. The molecule has 3 nitrogen and oxygen atoms in total. The van der Waals surface area contributed by atoms with E-state index in [4.69, 9.17) is 0 Å². The molecular formula is C4H2NO2PS2. The van der Waals surface area contributed by atoms with Gasteiger partial charge in [0.1, 0.15) is 9.06 Å². The van der Waals surface area contributed by atoms with Crippen molar-refractivity contribution in [3.05, 3.63) is 29.8 Å². The zero-order valence-corrected chi connectivity index (χ0v) is 7.27. The van der Waals surface area contributed by atoms with Gasteiger partial charge in [-0.1, -0.05) is 0 Å². The van der Waals surface area contributed by atoms with Gasteiger partial charge in [0, 0.05) is 0 Å². The summed E-state index contributed by atoms with van der Waals surface area (Å²) in [7, 11) is 2.92. The number of H-pyrrole nitrogens is 1. The highest BCUT2D eigenvalue weighted by atomic mass is 32.8. The maximum atomic E-state index is 10.8. The fourth-order valence-corrected chi connectivity index (χ4v) is 5.94. The highest BCUT2D eigenvalue weighted by Gasteiger charge is 2.01. The van der Waals surface area contributed by atoms with E-state index in [0.29, 0.717) is 15.6 Å². The Kier molecular flexibility index (Phi) is 1.30. The average molecular weight is 191 g/mol. The molecule has 2 aliphatic heterocycles. The number of rotatable bonds is 0. The van der Waals surface area contributed by atoms with Crippen LogP contribution in [0.2, 0.25) is 0 Å². The maximum absolute atomic E-state index is 10.8. The second kappa shape index (κ2) is 2.05. The average Bonchev–Trinajstić information content (AvgIpc) is 2.39. The van der Waals surface area contributed by atoms with Gasteiger partial charge in [-0.3, -0.25) is 14.6 Å². The molecule has 0 saturated carbocycles. The number of hydrogen-bond acceptors (Lipinski definition) is 4. The van der Waals surface area contributed by atoms with Crippen LogP contribution in [0.25, 0.3) is 0 Å². The number of nitrogens with one attached hydrogen (secondary N) is 1. The van der Waals surface area contributed by atoms with Gasteiger partial charge in [0.2, 0.25) is 0 Å². The molecule has 52 valence electrons. The molecule has 0 aromatic carbocycles. The van der Waals surface area contributed by atoms with E-state index >= 15 is 0 Å². The van der Waals surface area contributed by atoms with Crippen LogP contribution in [-0.2, 0) is 0 Å². The van der Waals surface area contributed by atoms with Crippen LogP contribution in [0, 0.1) is 9.06 Å². The van der Waals surface area contributed by atoms with Crippen LogP contribution >= 0.6 is 28.4 Å². The lowest BCUT2D eigenvalue weighted by molar-refractivity contribution is 1.24. The van der Waals surface area contributed by atoms with Crippen molar-refractivity contribution in [2.75, 3.05) is 0 Å². The summed E-state index contributed by atoms with van der Waals surface area (Å²) < 4.78 is 1.24. The van der Waals surface area contributed by atoms with Gasteiger partial charge in [-0.25, -0.2) is 0 Å². The van der Waals surface area contributed by atoms with Crippen LogP contribution in [-0.4, -0.2) is 4.98 Å². The van der Waals surface area contributed by atoms with Gasteiger partial charge in [0.05, 0.1) is 0 Å². The molecule has 1 N–H and O–H groups in total. The minimum absolute atomic E-state index is 0.220. The SMILES string of the molecule is O=c1[nH]c(=O)c2s[pH]sc1=2. The smallest absolute Gasteiger partial charge is 0.270 e. The number of aromatic amines is 1. The van der Waals surface area contributed by atoms with E-state index in [1.807, 2.05) is 0 Å². The maximum Gasteiger partial charge on any atom is 0.270 e. The second-order valence-corrected chi connectivity index (χ2v) is 6.35. The third-order valence-corrected chi connectivity index (χ3v) is 5.84. The van der Waals surface area contributed by atoms with E-state index in [-0.39, 0.29) is 11.1 Å². The molecule has 0 aromatic rings. The normalized spacial score (nSPS) is 10.8. The van der Waals surface area contributed by atoms with E-state index in [1.54, 1.807) is 0 Å². The van der Waals surface area contributed by atoms with Crippen molar-refractivity contribution in [1.29, 1.82) is 0 Å². The Balaban J connectivity index is 3.40. The minimum atomic E-state index is -0.220. The van der Waals surface area contributed by atoms with Gasteiger partial charge in [0.25, 0.3) is 11.1 Å². The van der Waals surface area contributed by atoms with E-state index in [9.17, 15) is 9.59 Å². The first-order valence-electron chi connectivity index (χ1n) is 2.47. The van der Waals surface area contributed by atoms with Crippen LogP contribution in [0.4, 0.5) is 0 Å². The molecular weight excluding hydrogens is 189 g/mol. The van der Waals surface area contributed by atoms with Crippen molar-refractivity contribution >= 4 is 28.4 Å². The Morgan fingerprint density at radius 3 is 2.10 bits per heavy atom. The quantitative estimate of drug-likeness (QED) is 0.663. The molecule has 0 aliphatic carbocycles. The van der Waals surface area contributed by atoms with Crippen molar-refractivity contribution in [2.45, 2.75) is 0 Å². The molecule has 0 amide bonds. The zero-order valence-electron chi connectivity index (χ0n) is 4.63. The summed E-state index contributed by atoms with van der Waals surface area (Å²) in [6, 6.07) is 0. The molecule has 10 heavy (non-hydrogen) atoms. The molecule has 0 bridgehead atoms. The fourth-order valence-electron chi connectivity index (χ4n) is 0.712. The highest BCUT2D eigenvalue weighted by Crippen LogP contribution is 2.21. The van der Waals surface area contributed by atoms with Crippen molar-refractivity contribution in [1.82, 2.24) is 4.98 Å². The monoisotopic (exact) mass is 191 g/mol. The third-order valence-electron chi connectivity index (χ3n) is 1.13. The topological polar surface area (TPSA) is 49.9 Å². The van der Waals surface area contributed by atoms with Crippen LogP contribution in [0.3, 0.4) is 0 Å². The molecule has 2 rings (SSSR count). The van der Waals surface area contributed by atoms with E-state index < -0.39 is 0 Å². The van der Waals surface area contributed by atoms with Gasteiger partial charge in [-0.15, -0.1) is 21.9 Å². The van der Waals surface area contributed by atoms with Crippen LogP contribution < -0.4 is 11.1 Å². The third kappa shape index (κ3) is 0.714. The molecule has 0 aromatic heterocycles. The van der Waals surface area contributed by atoms with E-state index in [1.165, 1.54) is 21.9 Å². The summed E-state index contributed by atoms with van der Waals surface area (Å²) in [5.41, 5.74) is -0.440. The molecule has 2 aliphatic rings. The van der Waals surface area contributed by atoms with Crippen molar-refractivity contribution in [2.24, 2.45) is 0 Å². The summed E-state index contributed by atoms with van der Waals surface area (Å²) in [5.74, 6) is 0. The Hall–Kier alpha value is -0.380. The number of aromatic nitrogens is 1. The molecule has 0 spiro atoms. The lowest BCUT2D eigenvalue weighted by Crippen LogP contribution is -2.07. The van der Waals surface area contributed by atoms with Crippen molar-refractivity contribution < 1.29 is 0 Å². The predicted molar refractivity (Wildman–Crippen MR) is 43.9 cm³/mol. The summed E-state index contributed by atoms with van der Waals surface area (Å²) >= 11 is 0. The van der Waals surface area contributed by atoms with Crippen LogP contribution in [0.5, 0.6) is 0 Å². The van der Waals surface area contributed by atoms with E-state index in [2.05, 4.69) is 4.98 Å². The molecule has 2 heterocycles. The molecule has 0 fully saturated rings. The van der Waals surface area contributed by atoms with Gasteiger partial charge >= 0.3 is 0 Å². The van der Waals surface area contributed by atoms with Crippen LogP contribution in [0.1, 0.15) is 0 Å². The lowest BCUT2D eigenvalue weighted by atomic mass is 10.7. The summed E-state index contributed by atoms with van der Waals surface area (Å²) in [6.45, 7) is 0.577. The first-order chi connectivity index (χ1) is 4.79. The van der Waals surface area contributed by atoms with Crippen molar-refractivity contribution in [3.63, 3.8) is 0 Å². The first-order valence-corrected chi connectivity index (χ1v) is 6.56. The lowest BCUT2D eigenvalue weighted by Gasteiger charge is -1.60. The zero-order chi connectivity index (χ0) is 7.14. The molecule has 6 heteroatoms. The molecule has 0 radical (unpaired) electrons. The largest absolute Gasteiger partial charge is 0.287 e. The Morgan fingerprint density at radius 2 is 1.60 bits per heavy atom. The summed E-state index contributed by atoms with van der Waals surface area (Å²) in [4.78, 5) is 23.9. The standard InChI is InChI=1S/C4H2NO2PS2/c6-3-1-2(4(7)5-3)10-8-9-1/h8H,(H,5,6,7). The highest BCUT2D eigenvalue weighted by molar-refractivity contribution is 8.05. The summed E-state index contributed by atoms with van der Waals surface area (Å²) in [5, 5.41) is 0. The van der Waals surface area contributed by atoms with Gasteiger partial charge in [-0.2, -0.15) is 0 Å². The molecule has 0 saturated heterocycles. The van der Waals surface area contributed by atoms with Gasteiger partial charge in [-0.05, 0) is 6.55 Å². The predicted octanol–water partition coefficient (Wildman–Crippen LogP) is 0.614. The Bertz CT molecular complexity index is 460. The van der Waals surface area contributed by atoms with Gasteiger partial charge in [0.15, 0.2) is 0 Å². The first kappa shape index (κ1) is 6.34. The van der Waals surface area contributed by atoms with Gasteiger partial charge < -0.3 is 0 Å². The molecule has 0 unspecified atom stereocenters. The Labute approximate surface area is 63.6 Å². The minimum Gasteiger partial charge on any atom is -0.287 e. The molecule has 0 atom stereocenters. The fraction of sp³-hybridized carbons (Fsp3) is 0. The summed E-state index contributed by atoms with van der Waals surface area (Å²) in [6.07, 6.45) is 0. The number of hydrogen-bond donors (Lipinski definition) is 1. The second-order valence-electron chi connectivity index (χ2n) is 1.73.